The highest BCUT2D eigenvalue weighted by Crippen LogP contribution is 2.30. The second-order valence-corrected chi connectivity index (χ2v) is 6.24. The van der Waals surface area contributed by atoms with Crippen LogP contribution in [-0.2, 0) is 5.75 Å². The average molecular weight is 331 g/mol. The molecule has 1 heterocycles. The van der Waals surface area contributed by atoms with Crippen LogP contribution in [0.5, 0.6) is 5.75 Å². The van der Waals surface area contributed by atoms with E-state index in [1.54, 1.807) is 18.9 Å². The van der Waals surface area contributed by atoms with Crippen LogP contribution in [0.15, 0.2) is 27.0 Å². The Hall–Kier alpha value is -0.590. The summed E-state index contributed by atoms with van der Waals surface area (Å²) in [6.45, 7) is 1.90. The quantitative estimate of drug-likeness (QED) is 0.796. The van der Waals surface area contributed by atoms with Gasteiger partial charge in [-0.15, -0.1) is 0 Å². The van der Waals surface area contributed by atoms with Crippen molar-refractivity contribution in [1.29, 1.82) is 0 Å². The molecule has 1 aromatic heterocycles. The van der Waals surface area contributed by atoms with E-state index in [-0.39, 0.29) is 0 Å². The topological polar surface area (TPSA) is 35.0 Å². The third-order valence-electron chi connectivity index (χ3n) is 2.10. The number of aryl methyl sites for hydroxylation is 1. The van der Waals surface area contributed by atoms with Gasteiger partial charge in [-0.25, -0.2) is 4.98 Å². The molecule has 0 bridgehead atoms. The van der Waals surface area contributed by atoms with Crippen molar-refractivity contribution < 1.29 is 4.74 Å². The molecule has 0 N–H and O–H groups in total. The van der Waals surface area contributed by atoms with Crippen molar-refractivity contribution in [3.8, 4) is 5.75 Å². The van der Waals surface area contributed by atoms with E-state index in [0.29, 0.717) is 0 Å². The predicted molar refractivity (Wildman–Crippen MR) is 74.9 cm³/mol. The molecule has 0 fully saturated rings. The Bertz CT molecular complexity index is 516. The Morgan fingerprint density at radius 2 is 2.29 bits per heavy atom. The van der Waals surface area contributed by atoms with Crippen molar-refractivity contribution >= 4 is 39.2 Å². The maximum atomic E-state index is 5.33. The average Bonchev–Trinajstić information content (AvgIpc) is 2.73. The molecule has 2 aromatic rings. The van der Waals surface area contributed by atoms with E-state index in [1.807, 2.05) is 19.1 Å². The summed E-state index contributed by atoms with van der Waals surface area (Å²) in [6.07, 6.45) is 0. The molecular formula is C11H11BrN2OS2. The Morgan fingerprint density at radius 1 is 1.47 bits per heavy atom. The highest BCUT2D eigenvalue weighted by Gasteiger charge is 2.07. The maximum absolute atomic E-state index is 5.33. The van der Waals surface area contributed by atoms with Gasteiger partial charge in [0.25, 0.3) is 0 Å². The zero-order valence-electron chi connectivity index (χ0n) is 9.44. The zero-order valence-corrected chi connectivity index (χ0v) is 12.7. The third-order valence-corrected chi connectivity index (χ3v) is 4.57. The first-order chi connectivity index (χ1) is 8.19. The minimum absolute atomic E-state index is 0.831. The minimum Gasteiger partial charge on any atom is -0.496 e. The standard InChI is InChI=1S/C11H11BrN2OS2/c1-7-13-11(17-14-7)16-6-8-5-9(12)3-4-10(8)15-2/h3-5H,6H2,1-2H3. The normalized spacial score (nSPS) is 10.5. The van der Waals surface area contributed by atoms with Gasteiger partial charge < -0.3 is 4.74 Å². The van der Waals surface area contributed by atoms with Crippen molar-refractivity contribution in [1.82, 2.24) is 9.36 Å². The van der Waals surface area contributed by atoms with Crippen LogP contribution in [0.4, 0.5) is 0 Å². The van der Waals surface area contributed by atoms with E-state index in [9.17, 15) is 0 Å². The molecular weight excluding hydrogens is 320 g/mol. The van der Waals surface area contributed by atoms with Gasteiger partial charge in [-0.05, 0) is 36.7 Å². The van der Waals surface area contributed by atoms with Crippen LogP contribution in [0.2, 0.25) is 0 Å². The molecule has 0 spiro atoms. The largest absolute Gasteiger partial charge is 0.496 e. The second kappa shape index (κ2) is 5.84. The van der Waals surface area contributed by atoms with Crippen molar-refractivity contribution in [3.05, 3.63) is 34.1 Å². The molecule has 0 aliphatic carbocycles. The molecule has 2 rings (SSSR count). The summed E-state index contributed by atoms with van der Waals surface area (Å²) in [5.41, 5.74) is 1.15. The summed E-state index contributed by atoms with van der Waals surface area (Å²) in [5.74, 6) is 2.57. The van der Waals surface area contributed by atoms with Crippen LogP contribution in [0.1, 0.15) is 11.4 Å². The highest BCUT2D eigenvalue weighted by atomic mass is 79.9. The fraction of sp³-hybridized carbons (Fsp3) is 0.273. The number of benzene rings is 1. The minimum atomic E-state index is 0.831. The van der Waals surface area contributed by atoms with E-state index in [2.05, 4.69) is 31.4 Å². The summed E-state index contributed by atoms with van der Waals surface area (Å²) in [7, 11) is 1.69. The van der Waals surface area contributed by atoms with Gasteiger partial charge in [0.15, 0.2) is 4.34 Å². The van der Waals surface area contributed by atoms with Crippen LogP contribution in [-0.4, -0.2) is 16.5 Å². The lowest BCUT2D eigenvalue weighted by Gasteiger charge is -2.07. The summed E-state index contributed by atoms with van der Waals surface area (Å²) < 4.78 is 11.5. The van der Waals surface area contributed by atoms with Crippen molar-refractivity contribution in [3.63, 3.8) is 0 Å². The van der Waals surface area contributed by atoms with Gasteiger partial charge in [0.1, 0.15) is 11.6 Å². The fourth-order valence-corrected chi connectivity index (χ4v) is 3.37. The second-order valence-electron chi connectivity index (χ2n) is 3.35. The molecule has 0 aliphatic rings. The number of hydrogen-bond donors (Lipinski definition) is 0. The Morgan fingerprint density at radius 3 is 2.94 bits per heavy atom. The molecule has 0 saturated heterocycles. The molecule has 0 saturated carbocycles. The highest BCUT2D eigenvalue weighted by molar-refractivity contribution is 9.10. The zero-order chi connectivity index (χ0) is 12.3. The molecule has 0 unspecified atom stereocenters. The molecule has 1 aromatic carbocycles. The van der Waals surface area contributed by atoms with Gasteiger partial charge in [0.2, 0.25) is 0 Å². The summed E-state index contributed by atoms with van der Waals surface area (Å²) in [4.78, 5) is 4.32. The van der Waals surface area contributed by atoms with Crippen LogP contribution in [0, 0.1) is 6.92 Å². The summed E-state index contributed by atoms with van der Waals surface area (Å²) in [5, 5.41) is 0. The Labute approximate surface area is 117 Å². The molecule has 6 heteroatoms. The molecule has 3 nitrogen and oxygen atoms in total. The SMILES string of the molecule is COc1ccc(Br)cc1CSc1nc(C)ns1. The van der Waals surface area contributed by atoms with Gasteiger partial charge in [-0.2, -0.15) is 4.37 Å². The number of thioether (sulfide) groups is 1. The number of ether oxygens (including phenoxy) is 1. The van der Waals surface area contributed by atoms with Crippen molar-refractivity contribution in [2.75, 3.05) is 7.11 Å². The van der Waals surface area contributed by atoms with Gasteiger partial charge in [0.05, 0.1) is 7.11 Å². The summed E-state index contributed by atoms with van der Waals surface area (Å²) in [6, 6.07) is 6.01. The van der Waals surface area contributed by atoms with Gasteiger partial charge >= 0.3 is 0 Å². The van der Waals surface area contributed by atoms with Gasteiger partial charge in [-0.1, -0.05) is 27.7 Å². The first kappa shape index (κ1) is 12.9. The summed E-state index contributed by atoms with van der Waals surface area (Å²) >= 11 is 6.58. The number of rotatable bonds is 4. The van der Waals surface area contributed by atoms with Crippen LogP contribution >= 0.6 is 39.2 Å². The predicted octanol–water partition coefficient (Wildman–Crippen LogP) is 3.91. The number of aromatic nitrogens is 2. The van der Waals surface area contributed by atoms with E-state index in [4.69, 9.17) is 4.74 Å². The van der Waals surface area contributed by atoms with Gasteiger partial charge in [-0.3, -0.25) is 0 Å². The number of nitrogens with zero attached hydrogens (tertiary/aromatic N) is 2. The fourth-order valence-electron chi connectivity index (χ4n) is 1.34. The first-order valence-electron chi connectivity index (χ1n) is 4.94. The Kier molecular flexibility index (Phi) is 4.42. The lowest BCUT2D eigenvalue weighted by atomic mass is 10.2. The number of methoxy groups -OCH3 is 1. The Balaban J connectivity index is 2.10. The van der Waals surface area contributed by atoms with Crippen molar-refractivity contribution in [2.45, 2.75) is 17.0 Å². The first-order valence-corrected chi connectivity index (χ1v) is 7.50. The lowest BCUT2D eigenvalue weighted by Crippen LogP contribution is -1.90. The van der Waals surface area contributed by atoms with E-state index in [0.717, 1.165) is 31.7 Å². The van der Waals surface area contributed by atoms with Crippen LogP contribution in [0.25, 0.3) is 0 Å². The molecule has 17 heavy (non-hydrogen) atoms. The van der Waals surface area contributed by atoms with E-state index < -0.39 is 0 Å². The number of halogens is 1. The van der Waals surface area contributed by atoms with Crippen LogP contribution in [0.3, 0.4) is 0 Å². The van der Waals surface area contributed by atoms with E-state index in [1.165, 1.54) is 11.5 Å². The van der Waals surface area contributed by atoms with Gasteiger partial charge in [0, 0.05) is 15.8 Å². The molecule has 0 aliphatic heterocycles. The molecule has 0 amide bonds. The maximum Gasteiger partial charge on any atom is 0.170 e. The monoisotopic (exact) mass is 330 g/mol. The molecule has 0 radical (unpaired) electrons. The third kappa shape index (κ3) is 3.43. The number of hydrogen-bond acceptors (Lipinski definition) is 5. The van der Waals surface area contributed by atoms with Crippen LogP contribution < -0.4 is 4.74 Å². The smallest absolute Gasteiger partial charge is 0.170 e. The molecule has 90 valence electrons. The van der Waals surface area contributed by atoms with Crippen molar-refractivity contribution in [2.24, 2.45) is 0 Å². The van der Waals surface area contributed by atoms with E-state index >= 15 is 0 Å². The molecule has 0 atom stereocenters. The lowest BCUT2D eigenvalue weighted by molar-refractivity contribution is 0.411.